The van der Waals surface area contributed by atoms with Crippen molar-refractivity contribution in [2.75, 3.05) is 0 Å². The third-order valence-electron chi connectivity index (χ3n) is 5.41. The molecule has 5 nitrogen and oxygen atoms in total. The molecule has 0 aliphatic heterocycles. The van der Waals surface area contributed by atoms with Gasteiger partial charge in [0.05, 0.1) is 17.4 Å². The summed E-state index contributed by atoms with van der Waals surface area (Å²) in [6, 6.07) is 10.2. The van der Waals surface area contributed by atoms with E-state index >= 15 is 0 Å². The lowest BCUT2D eigenvalue weighted by Crippen LogP contribution is -2.01. The molecule has 0 atom stereocenters. The van der Waals surface area contributed by atoms with E-state index in [9.17, 15) is 0 Å². The molecular formula is C24H25N5. The molecule has 0 aliphatic carbocycles. The molecule has 0 fully saturated rings. The van der Waals surface area contributed by atoms with Crippen molar-refractivity contribution in [3.63, 3.8) is 0 Å². The van der Waals surface area contributed by atoms with Gasteiger partial charge in [-0.05, 0) is 49.5 Å². The van der Waals surface area contributed by atoms with E-state index in [1.807, 2.05) is 43.6 Å². The van der Waals surface area contributed by atoms with Gasteiger partial charge in [0.25, 0.3) is 0 Å². The van der Waals surface area contributed by atoms with Gasteiger partial charge in [0.15, 0.2) is 5.65 Å². The second kappa shape index (κ2) is 7.95. The van der Waals surface area contributed by atoms with Crippen LogP contribution in [0.1, 0.15) is 37.9 Å². The van der Waals surface area contributed by atoms with Gasteiger partial charge in [-0.1, -0.05) is 38.1 Å². The molecule has 0 saturated carbocycles. The van der Waals surface area contributed by atoms with E-state index < -0.39 is 0 Å². The van der Waals surface area contributed by atoms with E-state index in [0.29, 0.717) is 11.6 Å². The smallest absolute Gasteiger partial charge is 0.162 e. The number of nitrogens with one attached hydrogen (secondary N) is 1. The van der Waals surface area contributed by atoms with Crippen LogP contribution in [0.25, 0.3) is 27.7 Å². The zero-order valence-electron chi connectivity index (χ0n) is 17.1. The number of nitrogens with zero attached hydrogens (tertiary/aromatic N) is 4. The SMILES string of the molecule is CCC(/C=C\C(=N)c1cnc2c(-c3cccc4nc(C)ccc34)cnn2c1)CC. The van der Waals surface area contributed by atoms with Gasteiger partial charge in [-0.25, -0.2) is 9.50 Å². The molecule has 29 heavy (non-hydrogen) atoms. The molecule has 146 valence electrons. The number of rotatable bonds is 6. The fourth-order valence-electron chi connectivity index (χ4n) is 3.58. The number of aromatic nitrogens is 4. The molecule has 0 saturated heterocycles. The minimum Gasteiger partial charge on any atom is -0.300 e. The molecule has 4 aromatic rings. The third-order valence-corrected chi connectivity index (χ3v) is 5.41. The van der Waals surface area contributed by atoms with Crippen molar-refractivity contribution in [3.8, 4) is 11.1 Å². The molecule has 4 rings (SSSR count). The van der Waals surface area contributed by atoms with Crippen LogP contribution in [-0.4, -0.2) is 25.3 Å². The molecule has 1 aromatic carbocycles. The van der Waals surface area contributed by atoms with Gasteiger partial charge < -0.3 is 5.41 Å². The van der Waals surface area contributed by atoms with Crippen LogP contribution in [0.15, 0.2) is 61.1 Å². The normalized spacial score (nSPS) is 11.9. The predicted octanol–water partition coefficient (Wildman–Crippen LogP) is 5.61. The average molecular weight is 383 g/mol. The van der Waals surface area contributed by atoms with E-state index in [1.165, 1.54) is 0 Å². The van der Waals surface area contributed by atoms with Gasteiger partial charge >= 0.3 is 0 Å². The van der Waals surface area contributed by atoms with Crippen molar-refractivity contribution < 1.29 is 0 Å². The molecule has 0 spiro atoms. The van der Waals surface area contributed by atoms with Crippen LogP contribution < -0.4 is 0 Å². The Kier molecular flexibility index (Phi) is 5.21. The van der Waals surface area contributed by atoms with Crippen LogP contribution in [0.5, 0.6) is 0 Å². The summed E-state index contributed by atoms with van der Waals surface area (Å²) in [5.41, 5.74) is 5.97. The highest BCUT2D eigenvalue weighted by Crippen LogP contribution is 2.30. The Morgan fingerprint density at radius 3 is 2.72 bits per heavy atom. The van der Waals surface area contributed by atoms with Crippen LogP contribution in [0, 0.1) is 18.3 Å². The van der Waals surface area contributed by atoms with E-state index in [-0.39, 0.29) is 0 Å². The van der Waals surface area contributed by atoms with Crippen LogP contribution in [0.4, 0.5) is 0 Å². The quantitative estimate of drug-likeness (QED) is 0.440. The van der Waals surface area contributed by atoms with Crippen LogP contribution in [-0.2, 0) is 0 Å². The van der Waals surface area contributed by atoms with Gasteiger partial charge in [-0.3, -0.25) is 4.98 Å². The lowest BCUT2D eigenvalue weighted by atomic mass is 10.0. The molecule has 1 N–H and O–H groups in total. The highest BCUT2D eigenvalue weighted by Gasteiger charge is 2.13. The molecule has 0 aliphatic rings. The van der Waals surface area contributed by atoms with Gasteiger partial charge in [-0.2, -0.15) is 5.10 Å². The summed E-state index contributed by atoms with van der Waals surface area (Å²) in [5, 5.41) is 14.0. The van der Waals surface area contributed by atoms with Crippen LogP contribution in [0.3, 0.4) is 0 Å². The first-order valence-electron chi connectivity index (χ1n) is 10.1. The summed E-state index contributed by atoms with van der Waals surface area (Å²) in [6.45, 7) is 6.34. The second-order valence-electron chi connectivity index (χ2n) is 7.34. The Labute approximate surface area is 170 Å². The molecule has 5 heteroatoms. The highest BCUT2D eigenvalue weighted by molar-refractivity contribution is 6.06. The van der Waals surface area contributed by atoms with Crippen LogP contribution >= 0.6 is 0 Å². The number of aryl methyl sites for hydroxylation is 1. The minimum absolute atomic E-state index is 0.452. The van der Waals surface area contributed by atoms with Crippen molar-refractivity contribution in [1.29, 1.82) is 5.41 Å². The first-order chi connectivity index (χ1) is 14.1. The first-order valence-corrected chi connectivity index (χ1v) is 10.1. The van der Waals surface area contributed by atoms with Gasteiger partial charge in [0.1, 0.15) is 0 Å². The van der Waals surface area contributed by atoms with Crippen molar-refractivity contribution >= 4 is 22.3 Å². The number of pyridine rings is 1. The molecule has 0 amide bonds. The monoisotopic (exact) mass is 383 g/mol. The van der Waals surface area contributed by atoms with Crippen molar-refractivity contribution in [2.24, 2.45) is 5.92 Å². The summed E-state index contributed by atoms with van der Waals surface area (Å²) >= 11 is 0. The Morgan fingerprint density at radius 1 is 1.10 bits per heavy atom. The van der Waals surface area contributed by atoms with Crippen molar-refractivity contribution in [2.45, 2.75) is 33.6 Å². The minimum atomic E-state index is 0.452. The van der Waals surface area contributed by atoms with E-state index in [4.69, 9.17) is 5.41 Å². The second-order valence-corrected chi connectivity index (χ2v) is 7.34. The first kappa shape index (κ1) is 19.0. The maximum atomic E-state index is 8.37. The van der Waals surface area contributed by atoms with Gasteiger partial charge in [0.2, 0.25) is 0 Å². The summed E-state index contributed by atoms with van der Waals surface area (Å²) in [6.07, 6.45) is 11.6. The standard InChI is InChI=1S/C24H25N5/c1-4-17(5-2)10-12-22(25)18-13-26-24-21(14-27-29(24)15-18)19-7-6-8-23-20(19)11-9-16(3)28-23/h6-15,17,25H,4-5H2,1-3H3/b12-10-,25-22?. The number of hydrogen-bond acceptors (Lipinski definition) is 4. The third kappa shape index (κ3) is 3.68. The number of allylic oxidation sites excluding steroid dienone is 2. The Bertz CT molecular complexity index is 1210. The zero-order valence-corrected chi connectivity index (χ0v) is 17.1. The predicted molar refractivity (Wildman–Crippen MR) is 119 cm³/mol. The zero-order chi connectivity index (χ0) is 20.4. The van der Waals surface area contributed by atoms with Crippen molar-refractivity contribution in [1.82, 2.24) is 19.6 Å². The molecular weight excluding hydrogens is 358 g/mol. The lowest BCUT2D eigenvalue weighted by molar-refractivity contribution is 0.606. The highest BCUT2D eigenvalue weighted by atomic mass is 15.2. The molecule has 3 heterocycles. The molecule has 0 bridgehead atoms. The fraction of sp³-hybridized carbons (Fsp3) is 0.250. The Morgan fingerprint density at radius 2 is 1.93 bits per heavy atom. The maximum Gasteiger partial charge on any atom is 0.162 e. The fourth-order valence-corrected chi connectivity index (χ4v) is 3.58. The van der Waals surface area contributed by atoms with E-state index in [1.54, 1.807) is 10.7 Å². The topological polar surface area (TPSA) is 66.9 Å². The van der Waals surface area contributed by atoms with Crippen LogP contribution in [0.2, 0.25) is 0 Å². The Hall–Kier alpha value is -3.34. The molecule has 0 radical (unpaired) electrons. The largest absolute Gasteiger partial charge is 0.300 e. The number of hydrogen-bond donors (Lipinski definition) is 1. The summed E-state index contributed by atoms with van der Waals surface area (Å²) < 4.78 is 1.75. The number of benzene rings is 1. The van der Waals surface area contributed by atoms with E-state index in [2.05, 4.69) is 47.1 Å². The number of fused-ring (bicyclic) bond motifs is 2. The van der Waals surface area contributed by atoms with Gasteiger partial charge in [0, 0.05) is 34.6 Å². The average Bonchev–Trinajstić information content (AvgIpc) is 3.16. The van der Waals surface area contributed by atoms with Crippen molar-refractivity contribution in [3.05, 3.63) is 72.3 Å². The maximum absolute atomic E-state index is 8.37. The van der Waals surface area contributed by atoms with Gasteiger partial charge in [-0.15, -0.1) is 0 Å². The molecule has 3 aromatic heterocycles. The lowest BCUT2D eigenvalue weighted by Gasteiger charge is -2.07. The summed E-state index contributed by atoms with van der Waals surface area (Å²) in [4.78, 5) is 9.26. The Balaban J connectivity index is 1.72. The van der Waals surface area contributed by atoms with E-state index in [0.717, 1.165) is 51.8 Å². The summed E-state index contributed by atoms with van der Waals surface area (Å²) in [7, 11) is 0. The summed E-state index contributed by atoms with van der Waals surface area (Å²) in [5.74, 6) is 0.506. The molecule has 0 unspecified atom stereocenters.